The second-order valence-electron chi connectivity index (χ2n) is 8.91. The lowest BCUT2D eigenvalue weighted by molar-refractivity contribution is 0.669. The lowest BCUT2D eigenvalue weighted by Crippen LogP contribution is -1.84. The van der Waals surface area contributed by atoms with Crippen molar-refractivity contribution in [2.75, 3.05) is 0 Å². The molecule has 4 heterocycles. The Morgan fingerprint density at radius 3 is 2.30 bits per heavy atom. The Morgan fingerprint density at radius 2 is 1.36 bits per heavy atom. The van der Waals surface area contributed by atoms with E-state index in [0.717, 1.165) is 44.3 Å². The molecule has 0 saturated heterocycles. The number of benzene rings is 5. The summed E-state index contributed by atoms with van der Waals surface area (Å²) >= 11 is 0. The van der Waals surface area contributed by atoms with E-state index >= 15 is 0 Å². The molecule has 0 aliphatic carbocycles. The SMILES string of the molecule is c1ccc2cc3c(cc2c1)nc1n3c2cccc3c4cc5c(cc4n1c32)oc1ccccc15. The lowest BCUT2D eigenvalue weighted by Gasteiger charge is -1.99. The Bertz CT molecular complexity index is 2230. The number of fused-ring (bicyclic) bond motifs is 12. The Hall–Kier alpha value is -4.57. The maximum Gasteiger partial charge on any atom is 0.220 e. The number of imidazole rings is 2. The van der Waals surface area contributed by atoms with Crippen molar-refractivity contribution in [1.29, 1.82) is 0 Å². The van der Waals surface area contributed by atoms with Crippen molar-refractivity contribution in [3.05, 3.63) is 91.0 Å². The largest absolute Gasteiger partial charge is 0.456 e. The minimum Gasteiger partial charge on any atom is -0.456 e. The summed E-state index contributed by atoms with van der Waals surface area (Å²) in [5.74, 6) is 0.942. The number of rotatable bonds is 0. The van der Waals surface area contributed by atoms with Crippen LogP contribution < -0.4 is 0 Å². The van der Waals surface area contributed by atoms with Crippen LogP contribution in [0.4, 0.5) is 0 Å². The van der Waals surface area contributed by atoms with E-state index in [4.69, 9.17) is 9.40 Å². The average Bonchev–Trinajstić information content (AvgIpc) is 3.56. The van der Waals surface area contributed by atoms with Crippen LogP contribution >= 0.6 is 0 Å². The molecule has 0 N–H and O–H groups in total. The van der Waals surface area contributed by atoms with Crippen LogP contribution in [0.1, 0.15) is 0 Å². The van der Waals surface area contributed by atoms with Gasteiger partial charge < -0.3 is 4.42 Å². The highest BCUT2D eigenvalue weighted by Crippen LogP contribution is 2.40. The van der Waals surface area contributed by atoms with Crippen LogP contribution in [0.15, 0.2) is 95.4 Å². The van der Waals surface area contributed by atoms with E-state index in [9.17, 15) is 0 Å². The minimum atomic E-state index is 0.907. The summed E-state index contributed by atoms with van der Waals surface area (Å²) < 4.78 is 10.8. The van der Waals surface area contributed by atoms with Gasteiger partial charge in [-0.15, -0.1) is 0 Å². The van der Waals surface area contributed by atoms with Crippen LogP contribution in [0.2, 0.25) is 0 Å². The molecule has 5 aromatic carbocycles. The van der Waals surface area contributed by atoms with Gasteiger partial charge in [-0.05, 0) is 41.1 Å². The molecule has 0 atom stereocenters. The average molecular weight is 421 g/mol. The molecular formula is C29H15N3O. The smallest absolute Gasteiger partial charge is 0.220 e. The fourth-order valence-electron chi connectivity index (χ4n) is 5.79. The third-order valence-electron chi connectivity index (χ3n) is 7.21. The van der Waals surface area contributed by atoms with Crippen molar-refractivity contribution in [3.63, 3.8) is 0 Å². The summed E-state index contributed by atoms with van der Waals surface area (Å²) in [5.41, 5.74) is 7.49. The summed E-state index contributed by atoms with van der Waals surface area (Å²) in [6, 6.07) is 32.2. The van der Waals surface area contributed by atoms with Crippen molar-refractivity contribution in [2.24, 2.45) is 0 Å². The second-order valence-corrected chi connectivity index (χ2v) is 8.91. The van der Waals surface area contributed by atoms with Crippen LogP contribution in [-0.2, 0) is 0 Å². The predicted octanol–water partition coefficient (Wildman–Crippen LogP) is 7.54. The zero-order chi connectivity index (χ0) is 21.3. The van der Waals surface area contributed by atoms with Gasteiger partial charge in [0.15, 0.2) is 0 Å². The number of nitrogens with zero attached hydrogens (tertiary/aromatic N) is 3. The van der Waals surface area contributed by atoms with E-state index in [0.29, 0.717) is 0 Å². The summed E-state index contributed by atoms with van der Waals surface area (Å²) in [7, 11) is 0. The minimum absolute atomic E-state index is 0.907. The highest BCUT2D eigenvalue weighted by Gasteiger charge is 2.22. The van der Waals surface area contributed by atoms with Crippen LogP contribution in [0, 0.1) is 0 Å². The molecular weight excluding hydrogens is 406 g/mol. The molecule has 4 aromatic heterocycles. The van der Waals surface area contributed by atoms with Crippen molar-refractivity contribution in [3.8, 4) is 0 Å². The van der Waals surface area contributed by atoms with E-state index in [1.54, 1.807) is 0 Å². The first-order chi connectivity index (χ1) is 16.3. The lowest BCUT2D eigenvalue weighted by atomic mass is 10.1. The van der Waals surface area contributed by atoms with E-state index in [1.807, 2.05) is 12.1 Å². The molecule has 9 aromatic rings. The molecule has 0 aliphatic rings. The highest BCUT2D eigenvalue weighted by atomic mass is 16.3. The van der Waals surface area contributed by atoms with Gasteiger partial charge in [-0.2, -0.15) is 0 Å². The van der Waals surface area contributed by atoms with Crippen molar-refractivity contribution in [2.45, 2.75) is 0 Å². The number of hydrogen-bond donors (Lipinski definition) is 0. The van der Waals surface area contributed by atoms with Crippen LogP contribution in [-0.4, -0.2) is 13.8 Å². The Morgan fingerprint density at radius 1 is 0.545 bits per heavy atom. The molecule has 4 nitrogen and oxygen atoms in total. The first kappa shape index (κ1) is 16.1. The third-order valence-corrected chi connectivity index (χ3v) is 7.21. The van der Waals surface area contributed by atoms with Crippen molar-refractivity contribution in [1.82, 2.24) is 13.8 Å². The van der Waals surface area contributed by atoms with Gasteiger partial charge >= 0.3 is 0 Å². The Balaban J connectivity index is 1.55. The molecule has 0 spiro atoms. The standard InChI is InChI=1S/C29H15N3O/c1-2-7-17-13-25-22(12-16(17)6-1)30-29-31(25)23-10-5-9-19-20-14-21-18-8-3-4-11-26(18)33-27(21)15-24(20)32(29)28(19)23/h1-15H. The Labute approximate surface area is 186 Å². The first-order valence-electron chi connectivity index (χ1n) is 11.2. The fourth-order valence-corrected chi connectivity index (χ4v) is 5.79. The van der Waals surface area contributed by atoms with E-state index < -0.39 is 0 Å². The van der Waals surface area contributed by atoms with Gasteiger partial charge in [-0.25, -0.2) is 4.98 Å². The molecule has 0 bridgehead atoms. The molecule has 0 fully saturated rings. The number of furan rings is 1. The molecule has 152 valence electrons. The predicted molar refractivity (Wildman–Crippen MR) is 135 cm³/mol. The van der Waals surface area contributed by atoms with Crippen molar-refractivity contribution < 1.29 is 4.42 Å². The normalized spacial score (nSPS) is 12.8. The van der Waals surface area contributed by atoms with Crippen LogP contribution in [0.25, 0.3) is 76.8 Å². The number of para-hydroxylation sites is 2. The van der Waals surface area contributed by atoms with Crippen LogP contribution in [0.3, 0.4) is 0 Å². The van der Waals surface area contributed by atoms with E-state index in [-0.39, 0.29) is 0 Å². The maximum atomic E-state index is 6.23. The zero-order valence-corrected chi connectivity index (χ0v) is 17.4. The van der Waals surface area contributed by atoms with E-state index in [2.05, 4.69) is 87.7 Å². The van der Waals surface area contributed by atoms with Gasteiger partial charge in [0.1, 0.15) is 11.2 Å². The Kier molecular flexibility index (Phi) is 2.56. The first-order valence-corrected chi connectivity index (χ1v) is 11.2. The summed E-state index contributed by atoms with van der Waals surface area (Å²) in [4.78, 5) is 5.12. The summed E-state index contributed by atoms with van der Waals surface area (Å²) in [5, 5.41) is 7.22. The monoisotopic (exact) mass is 421 g/mol. The molecule has 9 rings (SSSR count). The molecule has 0 aliphatic heterocycles. The molecule has 0 radical (unpaired) electrons. The second kappa shape index (κ2) is 5.25. The molecule has 33 heavy (non-hydrogen) atoms. The number of hydrogen-bond acceptors (Lipinski definition) is 2. The molecule has 4 heteroatoms. The van der Waals surface area contributed by atoms with Crippen molar-refractivity contribution >= 4 is 76.8 Å². The number of aromatic nitrogens is 3. The zero-order valence-electron chi connectivity index (χ0n) is 17.4. The molecule has 0 amide bonds. The summed E-state index contributed by atoms with van der Waals surface area (Å²) in [6.07, 6.45) is 0. The highest BCUT2D eigenvalue weighted by molar-refractivity contribution is 6.20. The fraction of sp³-hybridized carbons (Fsp3) is 0. The van der Waals surface area contributed by atoms with E-state index in [1.165, 1.54) is 32.6 Å². The van der Waals surface area contributed by atoms with Gasteiger partial charge in [0.2, 0.25) is 5.78 Å². The van der Waals surface area contributed by atoms with Gasteiger partial charge in [-0.3, -0.25) is 8.80 Å². The maximum absolute atomic E-state index is 6.23. The van der Waals surface area contributed by atoms with Gasteiger partial charge in [-0.1, -0.05) is 54.6 Å². The topological polar surface area (TPSA) is 34.9 Å². The van der Waals surface area contributed by atoms with Gasteiger partial charge in [0, 0.05) is 27.6 Å². The molecule has 0 saturated carbocycles. The quantitative estimate of drug-likeness (QED) is 0.253. The molecule has 0 unspecified atom stereocenters. The summed E-state index contributed by atoms with van der Waals surface area (Å²) in [6.45, 7) is 0. The van der Waals surface area contributed by atoms with Gasteiger partial charge in [0.25, 0.3) is 0 Å². The third kappa shape index (κ3) is 1.79. The van der Waals surface area contributed by atoms with Crippen LogP contribution in [0.5, 0.6) is 0 Å². The van der Waals surface area contributed by atoms with Gasteiger partial charge in [0.05, 0.1) is 27.6 Å².